The second kappa shape index (κ2) is 6.50. The number of rotatable bonds is 5. The number of halogens is 1. The van der Waals surface area contributed by atoms with Gasteiger partial charge in [-0.2, -0.15) is 0 Å². The zero-order valence-electron chi connectivity index (χ0n) is 10.4. The molecule has 3 nitrogen and oxygen atoms in total. The molecule has 1 aromatic rings. The number of hydrogen-bond acceptors (Lipinski definition) is 2. The van der Waals surface area contributed by atoms with E-state index < -0.39 is 0 Å². The van der Waals surface area contributed by atoms with E-state index >= 15 is 0 Å². The lowest BCUT2D eigenvalue weighted by Crippen LogP contribution is -2.14. The first kappa shape index (κ1) is 13.8. The topological polar surface area (TPSA) is 38.3 Å². The Kier molecular flexibility index (Phi) is 5.29. The van der Waals surface area contributed by atoms with Crippen LogP contribution in [0.2, 0.25) is 0 Å². The Morgan fingerprint density at radius 2 is 2.18 bits per heavy atom. The van der Waals surface area contributed by atoms with Crippen molar-refractivity contribution in [3.05, 3.63) is 23.8 Å². The summed E-state index contributed by atoms with van der Waals surface area (Å²) in [5.74, 6) is 0.830. The van der Waals surface area contributed by atoms with E-state index in [-0.39, 0.29) is 11.8 Å². The molecular weight excluding hydrogens is 238 g/mol. The van der Waals surface area contributed by atoms with E-state index in [0.717, 1.165) is 17.0 Å². The summed E-state index contributed by atoms with van der Waals surface area (Å²) in [5, 5.41) is 2.79. The van der Waals surface area contributed by atoms with Crippen LogP contribution in [0.1, 0.15) is 32.3 Å². The number of hydrogen-bond donors (Lipinski definition) is 1. The second-order valence-corrected chi connectivity index (χ2v) is 4.29. The van der Waals surface area contributed by atoms with E-state index in [0.29, 0.717) is 12.5 Å². The van der Waals surface area contributed by atoms with Crippen molar-refractivity contribution in [3.8, 4) is 5.75 Å². The lowest BCUT2D eigenvalue weighted by molar-refractivity contribution is -0.113. The van der Waals surface area contributed by atoms with Crippen LogP contribution in [0, 0.1) is 0 Å². The van der Waals surface area contributed by atoms with Gasteiger partial charge < -0.3 is 10.1 Å². The molecule has 0 aromatic heterocycles. The molecule has 0 heterocycles. The molecule has 1 rings (SSSR count). The molecule has 4 heteroatoms. The Bertz CT molecular complexity index is 391. The van der Waals surface area contributed by atoms with E-state index in [9.17, 15) is 4.79 Å². The third kappa shape index (κ3) is 3.93. The highest BCUT2D eigenvalue weighted by Crippen LogP contribution is 2.28. The molecule has 1 amide bonds. The Balaban J connectivity index is 3.02. The summed E-state index contributed by atoms with van der Waals surface area (Å²) >= 11 is 5.49. The molecule has 0 saturated carbocycles. The fraction of sp³-hybridized carbons (Fsp3) is 0.462. The van der Waals surface area contributed by atoms with Gasteiger partial charge in [-0.1, -0.05) is 19.9 Å². The summed E-state index contributed by atoms with van der Waals surface area (Å²) in [4.78, 5) is 11.3. The SMILES string of the molecule is CCOc1ccc(C(C)C)c(NC(=O)CCl)c1. The number of carbonyl (C=O) groups excluding carboxylic acids is 1. The quantitative estimate of drug-likeness (QED) is 0.819. The molecule has 1 N–H and O–H groups in total. The van der Waals surface area contributed by atoms with Crippen molar-refractivity contribution in [1.82, 2.24) is 0 Å². The summed E-state index contributed by atoms with van der Waals surface area (Å²) < 4.78 is 5.41. The minimum atomic E-state index is -0.206. The standard InChI is InChI=1S/C13H18ClNO2/c1-4-17-10-5-6-11(9(2)3)12(7-10)15-13(16)8-14/h5-7,9H,4,8H2,1-3H3,(H,15,16). The van der Waals surface area contributed by atoms with Crippen molar-refractivity contribution in [1.29, 1.82) is 0 Å². The average Bonchev–Trinajstić information content (AvgIpc) is 2.29. The van der Waals surface area contributed by atoms with Gasteiger partial charge in [0.25, 0.3) is 0 Å². The molecule has 17 heavy (non-hydrogen) atoms. The molecule has 0 bridgehead atoms. The Morgan fingerprint density at radius 3 is 2.71 bits per heavy atom. The lowest BCUT2D eigenvalue weighted by atomic mass is 10.0. The third-order valence-electron chi connectivity index (χ3n) is 2.35. The third-order valence-corrected chi connectivity index (χ3v) is 2.60. The van der Waals surface area contributed by atoms with Crippen LogP contribution in [0.25, 0.3) is 0 Å². The monoisotopic (exact) mass is 255 g/mol. The van der Waals surface area contributed by atoms with Crippen LogP contribution in [-0.4, -0.2) is 18.4 Å². The van der Waals surface area contributed by atoms with Crippen LogP contribution in [0.4, 0.5) is 5.69 Å². The van der Waals surface area contributed by atoms with Gasteiger partial charge >= 0.3 is 0 Å². The van der Waals surface area contributed by atoms with E-state index in [4.69, 9.17) is 16.3 Å². The minimum absolute atomic E-state index is 0.0452. The summed E-state index contributed by atoms with van der Waals surface area (Å²) in [7, 11) is 0. The molecule has 1 aromatic carbocycles. The van der Waals surface area contributed by atoms with E-state index in [1.54, 1.807) is 0 Å². The second-order valence-electron chi connectivity index (χ2n) is 4.02. The van der Waals surface area contributed by atoms with Gasteiger partial charge in [0.05, 0.1) is 6.61 Å². The molecule has 0 spiro atoms. The fourth-order valence-corrected chi connectivity index (χ4v) is 1.65. The molecule has 94 valence electrons. The summed E-state index contributed by atoms with van der Waals surface area (Å²) in [6, 6.07) is 5.72. The summed E-state index contributed by atoms with van der Waals surface area (Å²) in [5.41, 5.74) is 1.85. The number of ether oxygens (including phenoxy) is 1. The van der Waals surface area contributed by atoms with Crippen LogP contribution < -0.4 is 10.1 Å². The van der Waals surface area contributed by atoms with Crippen LogP contribution in [-0.2, 0) is 4.79 Å². The van der Waals surface area contributed by atoms with Gasteiger partial charge in [0, 0.05) is 11.8 Å². The van der Waals surface area contributed by atoms with Crippen molar-refractivity contribution < 1.29 is 9.53 Å². The van der Waals surface area contributed by atoms with Crippen LogP contribution in [0.5, 0.6) is 5.75 Å². The first-order valence-electron chi connectivity index (χ1n) is 5.71. The predicted octanol–water partition coefficient (Wildman–Crippen LogP) is 3.39. The maximum absolute atomic E-state index is 11.3. The largest absolute Gasteiger partial charge is 0.494 e. The van der Waals surface area contributed by atoms with Crippen molar-refractivity contribution in [2.45, 2.75) is 26.7 Å². The smallest absolute Gasteiger partial charge is 0.239 e. The zero-order valence-corrected chi connectivity index (χ0v) is 11.2. The van der Waals surface area contributed by atoms with Crippen molar-refractivity contribution in [2.24, 2.45) is 0 Å². The highest BCUT2D eigenvalue weighted by molar-refractivity contribution is 6.29. The van der Waals surface area contributed by atoms with Gasteiger partial charge in [-0.05, 0) is 24.5 Å². The minimum Gasteiger partial charge on any atom is -0.494 e. The lowest BCUT2D eigenvalue weighted by Gasteiger charge is -2.15. The number of anilines is 1. The highest BCUT2D eigenvalue weighted by atomic mass is 35.5. The molecule has 0 aliphatic carbocycles. The average molecular weight is 256 g/mol. The normalized spacial score (nSPS) is 10.4. The van der Waals surface area contributed by atoms with Gasteiger partial charge in [-0.3, -0.25) is 4.79 Å². The van der Waals surface area contributed by atoms with Gasteiger partial charge in [0.1, 0.15) is 11.6 Å². The Hall–Kier alpha value is -1.22. The first-order valence-corrected chi connectivity index (χ1v) is 6.24. The van der Waals surface area contributed by atoms with Crippen LogP contribution >= 0.6 is 11.6 Å². The molecule has 0 unspecified atom stereocenters. The van der Waals surface area contributed by atoms with Crippen LogP contribution in [0.3, 0.4) is 0 Å². The first-order chi connectivity index (χ1) is 8.08. The number of benzene rings is 1. The zero-order chi connectivity index (χ0) is 12.8. The maximum Gasteiger partial charge on any atom is 0.239 e. The van der Waals surface area contributed by atoms with E-state index in [1.165, 1.54) is 0 Å². The number of amides is 1. The van der Waals surface area contributed by atoms with E-state index in [1.807, 2.05) is 25.1 Å². The van der Waals surface area contributed by atoms with Crippen molar-refractivity contribution in [2.75, 3.05) is 17.8 Å². The van der Waals surface area contributed by atoms with Gasteiger partial charge in [-0.15, -0.1) is 11.6 Å². The highest BCUT2D eigenvalue weighted by Gasteiger charge is 2.10. The van der Waals surface area contributed by atoms with Gasteiger partial charge in [0.2, 0.25) is 5.91 Å². The fourth-order valence-electron chi connectivity index (χ4n) is 1.59. The molecule has 0 saturated heterocycles. The van der Waals surface area contributed by atoms with Crippen molar-refractivity contribution in [3.63, 3.8) is 0 Å². The molecule has 0 radical (unpaired) electrons. The maximum atomic E-state index is 11.3. The summed E-state index contributed by atoms with van der Waals surface area (Å²) in [6.07, 6.45) is 0. The number of carbonyl (C=O) groups is 1. The molecular formula is C13H18ClNO2. The van der Waals surface area contributed by atoms with Crippen molar-refractivity contribution >= 4 is 23.2 Å². The number of nitrogens with one attached hydrogen (secondary N) is 1. The predicted molar refractivity (Wildman–Crippen MR) is 71.0 cm³/mol. The van der Waals surface area contributed by atoms with Crippen LogP contribution in [0.15, 0.2) is 18.2 Å². The number of alkyl halides is 1. The molecule has 0 fully saturated rings. The Labute approximate surface area is 107 Å². The van der Waals surface area contributed by atoms with Gasteiger partial charge in [-0.25, -0.2) is 0 Å². The van der Waals surface area contributed by atoms with E-state index in [2.05, 4.69) is 19.2 Å². The molecule has 0 aliphatic rings. The van der Waals surface area contributed by atoms with Gasteiger partial charge in [0.15, 0.2) is 0 Å². The molecule has 0 atom stereocenters. The Morgan fingerprint density at radius 1 is 1.47 bits per heavy atom. The molecule has 0 aliphatic heterocycles. The summed E-state index contributed by atoms with van der Waals surface area (Å²) in [6.45, 7) is 6.68.